The summed E-state index contributed by atoms with van der Waals surface area (Å²) in [7, 11) is 0. The number of hydrogen-bond acceptors (Lipinski definition) is 4. The molecule has 0 saturated heterocycles. The van der Waals surface area contributed by atoms with Crippen LogP contribution in [0.15, 0.2) is 33.6 Å². The van der Waals surface area contributed by atoms with Crippen molar-refractivity contribution in [1.82, 2.24) is 10.3 Å². The van der Waals surface area contributed by atoms with E-state index in [0.717, 1.165) is 35.4 Å². The molecule has 1 heterocycles. The Morgan fingerprint density at radius 3 is 3.05 bits per heavy atom. The van der Waals surface area contributed by atoms with E-state index in [0.29, 0.717) is 6.61 Å². The maximum Gasteiger partial charge on any atom is 0.131 e. The topological polar surface area (TPSA) is 34.1 Å². The molecule has 0 aliphatic carbocycles. The highest BCUT2D eigenvalue weighted by Gasteiger charge is 2.03. The predicted molar refractivity (Wildman–Crippen MR) is 82.6 cm³/mol. The molecule has 102 valence electrons. The normalized spacial score (nSPS) is 10.6. The van der Waals surface area contributed by atoms with Crippen molar-refractivity contribution in [3.63, 3.8) is 0 Å². The van der Waals surface area contributed by atoms with Crippen molar-refractivity contribution in [3.05, 3.63) is 44.8 Å². The molecule has 0 bridgehead atoms. The highest BCUT2D eigenvalue weighted by Crippen LogP contribution is 2.23. The average Bonchev–Trinajstić information content (AvgIpc) is 2.93. The van der Waals surface area contributed by atoms with Gasteiger partial charge in [-0.05, 0) is 36.7 Å². The summed E-state index contributed by atoms with van der Waals surface area (Å²) in [6, 6.07) is 6.07. The lowest BCUT2D eigenvalue weighted by Gasteiger charge is -2.10. The highest BCUT2D eigenvalue weighted by atomic mass is 79.9. The smallest absolute Gasteiger partial charge is 0.131 e. The van der Waals surface area contributed by atoms with Gasteiger partial charge in [-0.3, -0.25) is 0 Å². The fraction of sp³-hybridized carbons (Fsp3) is 0.357. The van der Waals surface area contributed by atoms with Crippen LogP contribution in [0.3, 0.4) is 0 Å². The van der Waals surface area contributed by atoms with Crippen LogP contribution in [-0.4, -0.2) is 11.5 Å². The molecule has 0 saturated carbocycles. The van der Waals surface area contributed by atoms with Crippen LogP contribution in [0.1, 0.15) is 24.6 Å². The molecule has 0 unspecified atom stereocenters. The molecule has 0 aliphatic rings. The third kappa shape index (κ3) is 4.60. The van der Waals surface area contributed by atoms with Crippen LogP contribution >= 0.6 is 27.3 Å². The molecule has 1 N–H and O–H groups in total. The minimum absolute atomic E-state index is 0.521. The van der Waals surface area contributed by atoms with E-state index in [4.69, 9.17) is 4.74 Å². The van der Waals surface area contributed by atoms with Crippen molar-refractivity contribution < 1.29 is 4.74 Å². The van der Waals surface area contributed by atoms with Crippen molar-refractivity contribution in [1.29, 1.82) is 0 Å². The maximum atomic E-state index is 5.75. The van der Waals surface area contributed by atoms with Crippen molar-refractivity contribution >= 4 is 27.3 Å². The Morgan fingerprint density at radius 1 is 1.42 bits per heavy atom. The van der Waals surface area contributed by atoms with E-state index < -0.39 is 0 Å². The SMILES string of the molecule is CCCNCc1cc(OCc2cscn2)ccc1Br. The van der Waals surface area contributed by atoms with Crippen molar-refractivity contribution in [3.8, 4) is 5.75 Å². The van der Waals surface area contributed by atoms with Crippen LogP contribution in [0.5, 0.6) is 5.75 Å². The van der Waals surface area contributed by atoms with Gasteiger partial charge in [0.25, 0.3) is 0 Å². The molecule has 19 heavy (non-hydrogen) atoms. The lowest BCUT2D eigenvalue weighted by atomic mass is 10.2. The second-order valence-electron chi connectivity index (χ2n) is 4.20. The summed E-state index contributed by atoms with van der Waals surface area (Å²) >= 11 is 5.15. The van der Waals surface area contributed by atoms with E-state index in [1.165, 1.54) is 5.56 Å². The van der Waals surface area contributed by atoms with E-state index in [2.05, 4.69) is 39.2 Å². The predicted octanol–water partition coefficient (Wildman–Crippen LogP) is 3.98. The molecule has 0 radical (unpaired) electrons. The van der Waals surface area contributed by atoms with Gasteiger partial charge < -0.3 is 10.1 Å². The number of nitrogens with zero attached hydrogens (tertiary/aromatic N) is 1. The van der Waals surface area contributed by atoms with E-state index in [1.54, 1.807) is 11.3 Å². The van der Waals surface area contributed by atoms with Crippen LogP contribution in [0.25, 0.3) is 0 Å². The van der Waals surface area contributed by atoms with Gasteiger partial charge in [-0.1, -0.05) is 22.9 Å². The Bertz CT molecular complexity index is 502. The van der Waals surface area contributed by atoms with Gasteiger partial charge in [0.2, 0.25) is 0 Å². The van der Waals surface area contributed by atoms with E-state index >= 15 is 0 Å². The quantitative estimate of drug-likeness (QED) is 0.774. The summed E-state index contributed by atoms with van der Waals surface area (Å²) < 4.78 is 6.86. The number of nitrogens with one attached hydrogen (secondary N) is 1. The maximum absolute atomic E-state index is 5.75. The van der Waals surface area contributed by atoms with Gasteiger partial charge in [-0.25, -0.2) is 4.98 Å². The van der Waals surface area contributed by atoms with E-state index in [1.807, 2.05) is 23.0 Å². The molecule has 1 aromatic heterocycles. The summed E-state index contributed by atoms with van der Waals surface area (Å²) in [6.45, 7) is 4.56. The highest BCUT2D eigenvalue weighted by molar-refractivity contribution is 9.10. The zero-order valence-electron chi connectivity index (χ0n) is 10.9. The molecular formula is C14H17BrN2OS. The number of benzene rings is 1. The minimum atomic E-state index is 0.521. The Morgan fingerprint density at radius 2 is 2.32 bits per heavy atom. The standard InChI is InChI=1S/C14H17BrN2OS/c1-2-5-16-7-11-6-13(3-4-14(11)15)18-8-12-9-19-10-17-12/h3-4,6,9-10,16H,2,5,7-8H2,1H3. The van der Waals surface area contributed by atoms with Gasteiger partial charge >= 0.3 is 0 Å². The first-order chi connectivity index (χ1) is 9.29. The monoisotopic (exact) mass is 340 g/mol. The Labute approximate surface area is 126 Å². The van der Waals surface area contributed by atoms with Crippen molar-refractivity contribution in [2.24, 2.45) is 0 Å². The van der Waals surface area contributed by atoms with Gasteiger partial charge in [0, 0.05) is 16.4 Å². The first-order valence-corrected chi connectivity index (χ1v) is 8.02. The van der Waals surface area contributed by atoms with Crippen LogP contribution < -0.4 is 10.1 Å². The van der Waals surface area contributed by atoms with Crippen LogP contribution in [0.4, 0.5) is 0 Å². The molecular weight excluding hydrogens is 324 g/mol. The molecule has 2 aromatic rings. The Kier molecular flexibility index (Phi) is 5.82. The number of halogens is 1. The zero-order valence-corrected chi connectivity index (χ0v) is 13.3. The molecule has 0 fully saturated rings. The summed E-state index contributed by atoms with van der Waals surface area (Å²) in [5.74, 6) is 0.879. The lowest BCUT2D eigenvalue weighted by Crippen LogP contribution is -2.14. The first kappa shape index (κ1) is 14.5. The number of rotatable bonds is 7. The van der Waals surface area contributed by atoms with E-state index in [9.17, 15) is 0 Å². The van der Waals surface area contributed by atoms with Gasteiger partial charge in [0.05, 0.1) is 11.2 Å². The molecule has 2 rings (SSSR count). The third-order valence-electron chi connectivity index (χ3n) is 2.63. The van der Waals surface area contributed by atoms with Crippen molar-refractivity contribution in [2.75, 3.05) is 6.54 Å². The second-order valence-corrected chi connectivity index (χ2v) is 5.77. The van der Waals surface area contributed by atoms with Gasteiger partial charge in [-0.2, -0.15) is 0 Å². The van der Waals surface area contributed by atoms with Gasteiger partial charge in [0.1, 0.15) is 12.4 Å². The van der Waals surface area contributed by atoms with Gasteiger partial charge in [-0.15, -0.1) is 11.3 Å². The number of hydrogen-bond donors (Lipinski definition) is 1. The minimum Gasteiger partial charge on any atom is -0.487 e. The number of ether oxygens (including phenoxy) is 1. The Balaban J connectivity index is 1.95. The number of aromatic nitrogens is 1. The lowest BCUT2D eigenvalue weighted by molar-refractivity contribution is 0.301. The van der Waals surface area contributed by atoms with E-state index in [-0.39, 0.29) is 0 Å². The molecule has 1 aromatic carbocycles. The molecule has 0 spiro atoms. The summed E-state index contributed by atoms with van der Waals surface area (Å²) in [5.41, 5.74) is 4.00. The molecule has 3 nitrogen and oxygen atoms in total. The Hall–Kier alpha value is -0.910. The molecule has 5 heteroatoms. The summed E-state index contributed by atoms with van der Waals surface area (Å²) in [5, 5.41) is 5.40. The van der Waals surface area contributed by atoms with Crippen molar-refractivity contribution in [2.45, 2.75) is 26.5 Å². The van der Waals surface area contributed by atoms with Crippen LogP contribution in [-0.2, 0) is 13.2 Å². The molecule has 0 atom stereocenters. The van der Waals surface area contributed by atoms with Crippen LogP contribution in [0.2, 0.25) is 0 Å². The van der Waals surface area contributed by atoms with Gasteiger partial charge in [0.15, 0.2) is 0 Å². The molecule has 0 aliphatic heterocycles. The first-order valence-electron chi connectivity index (χ1n) is 6.28. The fourth-order valence-corrected chi connectivity index (χ4v) is 2.57. The largest absolute Gasteiger partial charge is 0.487 e. The average molecular weight is 341 g/mol. The summed E-state index contributed by atoms with van der Waals surface area (Å²) in [6.07, 6.45) is 1.14. The number of thiazole rings is 1. The third-order valence-corrected chi connectivity index (χ3v) is 4.04. The fourth-order valence-electron chi connectivity index (χ4n) is 1.64. The zero-order chi connectivity index (χ0) is 13.5. The molecule has 0 amide bonds. The van der Waals surface area contributed by atoms with Crippen LogP contribution in [0, 0.1) is 0 Å². The second kappa shape index (κ2) is 7.62. The summed E-state index contributed by atoms with van der Waals surface area (Å²) in [4.78, 5) is 4.20.